The summed E-state index contributed by atoms with van der Waals surface area (Å²) in [5.74, 6) is 0. The lowest BCUT2D eigenvalue weighted by Gasteiger charge is -2.10. The van der Waals surface area contributed by atoms with Crippen LogP contribution in [0.3, 0.4) is 0 Å². The summed E-state index contributed by atoms with van der Waals surface area (Å²) in [7, 11) is 0. The summed E-state index contributed by atoms with van der Waals surface area (Å²) in [5, 5.41) is 0.415. The van der Waals surface area contributed by atoms with E-state index in [9.17, 15) is 0 Å². The largest absolute Gasteiger partial charge is 0.329 e. The van der Waals surface area contributed by atoms with Crippen molar-refractivity contribution >= 4 is 11.8 Å². The topological polar surface area (TPSA) is 38.9 Å². The molecule has 0 fully saturated rings. The molecule has 0 aromatic carbocycles. The summed E-state index contributed by atoms with van der Waals surface area (Å²) in [4.78, 5) is 3.95. The van der Waals surface area contributed by atoms with E-state index < -0.39 is 0 Å². The highest BCUT2D eigenvalue weighted by atomic mass is 32.2. The van der Waals surface area contributed by atoms with Crippen LogP contribution < -0.4 is 5.73 Å². The Morgan fingerprint density at radius 2 is 2.18 bits per heavy atom. The smallest absolute Gasteiger partial charge is 0.0418 e. The van der Waals surface area contributed by atoms with E-state index in [4.69, 9.17) is 5.73 Å². The van der Waals surface area contributed by atoms with Gasteiger partial charge in [-0.25, -0.2) is 0 Å². The van der Waals surface area contributed by atoms with Crippen LogP contribution in [0.1, 0.15) is 10.8 Å². The molecule has 1 atom stereocenters. The van der Waals surface area contributed by atoms with E-state index in [2.05, 4.69) is 11.2 Å². The Balaban J connectivity index is 2.74. The zero-order valence-corrected chi connectivity index (χ0v) is 7.34. The Kier molecular flexibility index (Phi) is 3.39. The molecular formula is C8H12N2S. The molecule has 0 saturated carbocycles. The third-order valence-corrected chi connectivity index (χ3v) is 2.61. The number of nitrogens with two attached hydrogens (primary N) is 1. The molecule has 0 aliphatic carbocycles. The molecule has 0 bridgehead atoms. The molecule has 1 unspecified atom stereocenters. The van der Waals surface area contributed by atoms with Gasteiger partial charge in [-0.3, -0.25) is 4.98 Å². The molecule has 1 aromatic heterocycles. The Morgan fingerprint density at radius 3 is 2.64 bits per heavy atom. The Hall–Kier alpha value is -0.540. The second kappa shape index (κ2) is 4.36. The molecule has 0 spiro atoms. The van der Waals surface area contributed by atoms with Crippen molar-refractivity contribution in [1.29, 1.82) is 0 Å². The lowest BCUT2D eigenvalue weighted by Crippen LogP contribution is -2.08. The third kappa shape index (κ3) is 2.20. The Morgan fingerprint density at radius 1 is 1.55 bits per heavy atom. The van der Waals surface area contributed by atoms with Crippen LogP contribution in [0.25, 0.3) is 0 Å². The van der Waals surface area contributed by atoms with Gasteiger partial charge in [0.05, 0.1) is 0 Å². The summed E-state index contributed by atoms with van der Waals surface area (Å²) >= 11 is 1.77. The van der Waals surface area contributed by atoms with Gasteiger partial charge in [0.1, 0.15) is 0 Å². The van der Waals surface area contributed by atoms with E-state index in [1.165, 1.54) is 5.56 Å². The molecule has 2 N–H and O–H groups in total. The molecule has 1 aromatic rings. The molecule has 3 heteroatoms. The first-order valence-electron chi connectivity index (χ1n) is 3.51. The van der Waals surface area contributed by atoms with Gasteiger partial charge in [-0.2, -0.15) is 11.8 Å². The maximum atomic E-state index is 5.57. The highest BCUT2D eigenvalue weighted by Gasteiger charge is 2.05. The minimum atomic E-state index is 0.415. The SMILES string of the molecule is CSC(CN)c1ccncc1. The van der Waals surface area contributed by atoms with E-state index >= 15 is 0 Å². The maximum Gasteiger partial charge on any atom is 0.0418 e. The fourth-order valence-electron chi connectivity index (χ4n) is 0.946. The number of hydrogen-bond donors (Lipinski definition) is 1. The third-order valence-electron chi connectivity index (χ3n) is 1.58. The lowest BCUT2D eigenvalue weighted by molar-refractivity contribution is 0.940. The van der Waals surface area contributed by atoms with Gasteiger partial charge < -0.3 is 5.73 Å². The van der Waals surface area contributed by atoms with E-state index in [0.29, 0.717) is 11.8 Å². The van der Waals surface area contributed by atoms with Gasteiger partial charge in [0.25, 0.3) is 0 Å². The first-order chi connectivity index (χ1) is 5.38. The molecule has 0 aliphatic rings. The molecule has 2 nitrogen and oxygen atoms in total. The van der Waals surface area contributed by atoms with Crippen molar-refractivity contribution in [3.63, 3.8) is 0 Å². The van der Waals surface area contributed by atoms with Crippen LogP contribution in [0.15, 0.2) is 24.5 Å². The van der Waals surface area contributed by atoms with E-state index in [0.717, 1.165) is 0 Å². The van der Waals surface area contributed by atoms with Gasteiger partial charge in [-0.05, 0) is 24.0 Å². The second-order valence-electron chi connectivity index (χ2n) is 2.24. The average molecular weight is 168 g/mol. The first kappa shape index (κ1) is 8.56. The minimum Gasteiger partial charge on any atom is -0.329 e. The number of pyridine rings is 1. The van der Waals surface area contributed by atoms with Crippen molar-refractivity contribution in [1.82, 2.24) is 4.98 Å². The molecular weight excluding hydrogens is 156 g/mol. The van der Waals surface area contributed by atoms with Crippen LogP contribution in [0.4, 0.5) is 0 Å². The highest BCUT2D eigenvalue weighted by Crippen LogP contribution is 2.23. The number of nitrogens with zero attached hydrogens (tertiary/aromatic N) is 1. The van der Waals surface area contributed by atoms with Gasteiger partial charge in [0, 0.05) is 24.2 Å². The van der Waals surface area contributed by atoms with Crippen molar-refractivity contribution < 1.29 is 0 Å². The fraction of sp³-hybridized carbons (Fsp3) is 0.375. The predicted molar refractivity (Wildman–Crippen MR) is 49.5 cm³/mol. The highest BCUT2D eigenvalue weighted by molar-refractivity contribution is 7.98. The Labute approximate surface area is 71.2 Å². The van der Waals surface area contributed by atoms with Crippen molar-refractivity contribution in [2.24, 2.45) is 5.73 Å². The summed E-state index contributed by atoms with van der Waals surface area (Å²) in [5.41, 5.74) is 6.83. The molecule has 60 valence electrons. The average Bonchev–Trinajstić information content (AvgIpc) is 2.09. The van der Waals surface area contributed by atoms with Gasteiger partial charge in [-0.15, -0.1) is 0 Å². The molecule has 1 heterocycles. The van der Waals surface area contributed by atoms with Crippen LogP contribution in [0.5, 0.6) is 0 Å². The standard InChI is InChI=1S/C8H12N2S/c1-11-8(6-9)7-2-4-10-5-3-7/h2-5,8H,6,9H2,1H3. The summed E-state index contributed by atoms with van der Waals surface area (Å²) in [6, 6.07) is 4.02. The second-order valence-corrected chi connectivity index (χ2v) is 3.28. The van der Waals surface area contributed by atoms with Crippen molar-refractivity contribution in [3.05, 3.63) is 30.1 Å². The zero-order chi connectivity index (χ0) is 8.10. The zero-order valence-electron chi connectivity index (χ0n) is 6.53. The van der Waals surface area contributed by atoms with E-state index in [-0.39, 0.29) is 0 Å². The predicted octanol–water partition coefficient (Wildman–Crippen LogP) is 1.44. The normalized spacial score (nSPS) is 12.9. The van der Waals surface area contributed by atoms with Gasteiger partial charge >= 0.3 is 0 Å². The molecule has 0 radical (unpaired) electrons. The number of aromatic nitrogens is 1. The van der Waals surface area contributed by atoms with Crippen molar-refractivity contribution in [2.45, 2.75) is 5.25 Å². The van der Waals surface area contributed by atoms with Crippen LogP contribution >= 0.6 is 11.8 Å². The van der Waals surface area contributed by atoms with Gasteiger partial charge in [0.15, 0.2) is 0 Å². The molecule has 11 heavy (non-hydrogen) atoms. The number of rotatable bonds is 3. The molecule has 0 saturated heterocycles. The molecule has 0 aliphatic heterocycles. The van der Waals surface area contributed by atoms with E-state index in [1.807, 2.05) is 12.1 Å². The molecule has 0 amide bonds. The summed E-state index contributed by atoms with van der Waals surface area (Å²) in [6.07, 6.45) is 5.67. The van der Waals surface area contributed by atoms with Crippen LogP contribution in [-0.2, 0) is 0 Å². The summed E-state index contributed by atoms with van der Waals surface area (Å²) < 4.78 is 0. The van der Waals surface area contributed by atoms with Crippen LogP contribution in [0, 0.1) is 0 Å². The monoisotopic (exact) mass is 168 g/mol. The van der Waals surface area contributed by atoms with E-state index in [1.54, 1.807) is 24.2 Å². The molecule has 1 rings (SSSR count). The lowest BCUT2D eigenvalue weighted by atomic mass is 10.2. The number of thioether (sulfide) groups is 1. The number of hydrogen-bond acceptors (Lipinski definition) is 3. The van der Waals surface area contributed by atoms with Crippen LogP contribution in [-0.4, -0.2) is 17.8 Å². The van der Waals surface area contributed by atoms with Crippen molar-refractivity contribution in [2.75, 3.05) is 12.8 Å². The van der Waals surface area contributed by atoms with Gasteiger partial charge in [-0.1, -0.05) is 0 Å². The summed E-state index contributed by atoms with van der Waals surface area (Å²) in [6.45, 7) is 0.686. The van der Waals surface area contributed by atoms with Crippen molar-refractivity contribution in [3.8, 4) is 0 Å². The minimum absolute atomic E-state index is 0.415. The van der Waals surface area contributed by atoms with Crippen LogP contribution in [0.2, 0.25) is 0 Å². The maximum absolute atomic E-state index is 5.57. The fourth-order valence-corrected chi connectivity index (χ4v) is 1.57. The van der Waals surface area contributed by atoms with Gasteiger partial charge in [0.2, 0.25) is 0 Å². The first-order valence-corrected chi connectivity index (χ1v) is 4.80. The Bertz CT molecular complexity index is 197. The quantitative estimate of drug-likeness (QED) is 0.742.